The molecule has 0 bridgehead atoms. The Morgan fingerprint density at radius 2 is 1.75 bits per heavy atom. The monoisotopic (exact) mass is 386 g/mol. The van der Waals surface area contributed by atoms with Gasteiger partial charge in [-0.1, -0.05) is 13.0 Å². The maximum Gasteiger partial charge on any atom is 0.255 e. The van der Waals surface area contributed by atoms with Gasteiger partial charge in [-0.05, 0) is 68.2 Å². The molecule has 2 aliphatic carbocycles. The molecule has 2 saturated carbocycles. The first-order chi connectivity index (χ1) is 13.5. The lowest BCUT2D eigenvalue weighted by Gasteiger charge is -2.36. The first-order valence-corrected chi connectivity index (χ1v) is 10.1. The fourth-order valence-corrected chi connectivity index (χ4v) is 3.84. The Morgan fingerprint density at radius 3 is 2.32 bits per heavy atom. The number of rotatable bonds is 8. The normalized spacial score (nSPS) is 22.1. The highest BCUT2D eigenvalue weighted by atomic mass is 16.5. The molecule has 0 radical (unpaired) electrons. The Balaban J connectivity index is 1.67. The molecule has 1 aromatic rings. The first-order valence-electron chi connectivity index (χ1n) is 10.1. The minimum Gasteiger partial charge on any atom is -0.493 e. The number of benzene rings is 1. The number of nitrogens with zero attached hydrogens (tertiary/aromatic N) is 1. The van der Waals surface area contributed by atoms with Crippen molar-refractivity contribution in [3.8, 4) is 11.5 Å². The van der Waals surface area contributed by atoms with Gasteiger partial charge in [-0.2, -0.15) is 0 Å². The van der Waals surface area contributed by atoms with Crippen molar-refractivity contribution in [2.75, 3.05) is 13.7 Å². The number of amides is 2. The van der Waals surface area contributed by atoms with Crippen molar-refractivity contribution in [2.45, 2.75) is 57.5 Å². The number of carbonyl (C=O) groups is 2. The zero-order chi connectivity index (χ0) is 20.1. The summed E-state index contributed by atoms with van der Waals surface area (Å²) in [5.74, 6) is 1.26. The first kappa shape index (κ1) is 20.2. The summed E-state index contributed by atoms with van der Waals surface area (Å²) in [5.41, 5.74) is 5.95. The van der Waals surface area contributed by atoms with E-state index >= 15 is 0 Å². The minimum absolute atomic E-state index is 0.0927. The van der Waals surface area contributed by atoms with Gasteiger partial charge in [0.05, 0.1) is 7.11 Å². The highest BCUT2D eigenvalue weighted by molar-refractivity contribution is 5.92. The SMILES string of the molecule is COc1cc(/C=C/C(=O)N(C2CCC(C)CC2)C2CC2)ccc1OCC(N)=O. The van der Waals surface area contributed by atoms with Crippen LogP contribution in [0.4, 0.5) is 0 Å². The maximum absolute atomic E-state index is 12.9. The lowest BCUT2D eigenvalue weighted by molar-refractivity contribution is -0.129. The van der Waals surface area contributed by atoms with Crippen molar-refractivity contribution in [1.29, 1.82) is 0 Å². The molecule has 2 amide bonds. The molecule has 2 fully saturated rings. The van der Waals surface area contributed by atoms with E-state index in [4.69, 9.17) is 15.2 Å². The summed E-state index contributed by atoms with van der Waals surface area (Å²) in [4.78, 5) is 25.9. The smallest absolute Gasteiger partial charge is 0.255 e. The molecule has 1 aromatic carbocycles. The average Bonchev–Trinajstić information content (AvgIpc) is 3.51. The number of methoxy groups -OCH3 is 1. The molecule has 152 valence electrons. The van der Waals surface area contributed by atoms with E-state index < -0.39 is 5.91 Å². The van der Waals surface area contributed by atoms with Crippen LogP contribution in [0.15, 0.2) is 24.3 Å². The van der Waals surface area contributed by atoms with Crippen LogP contribution in [0.5, 0.6) is 11.5 Å². The van der Waals surface area contributed by atoms with Gasteiger partial charge in [-0.25, -0.2) is 0 Å². The number of carbonyl (C=O) groups excluding carboxylic acids is 2. The van der Waals surface area contributed by atoms with Gasteiger partial charge >= 0.3 is 0 Å². The third-order valence-corrected chi connectivity index (χ3v) is 5.55. The molecule has 2 N–H and O–H groups in total. The van der Waals surface area contributed by atoms with E-state index in [1.807, 2.05) is 12.1 Å². The second-order valence-electron chi connectivity index (χ2n) is 7.89. The number of hydrogen-bond donors (Lipinski definition) is 1. The van der Waals surface area contributed by atoms with Crippen LogP contribution in [-0.2, 0) is 9.59 Å². The highest BCUT2D eigenvalue weighted by Crippen LogP contribution is 2.35. The molecule has 0 aromatic heterocycles. The molecule has 6 nitrogen and oxygen atoms in total. The summed E-state index contributed by atoms with van der Waals surface area (Å²) < 4.78 is 10.7. The number of primary amides is 1. The second-order valence-corrected chi connectivity index (χ2v) is 7.89. The maximum atomic E-state index is 12.9. The van der Waals surface area contributed by atoms with Crippen LogP contribution in [0.3, 0.4) is 0 Å². The van der Waals surface area contributed by atoms with Crippen molar-refractivity contribution in [1.82, 2.24) is 4.90 Å². The second kappa shape index (κ2) is 9.13. The van der Waals surface area contributed by atoms with Crippen LogP contribution in [0.1, 0.15) is 51.0 Å². The van der Waals surface area contributed by atoms with Crippen molar-refractivity contribution >= 4 is 17.9 Å². The largest absolute Gasteiger partial charge is 0.493 e. The quantitative estimate of drug-likeness (QED) is 0.696. The minimum atomic E-state index is -0.547. The number of ether oxygens (including phenoxy) is 2. The molecule has 2 aliphatic rings. The van der Waals surface area contributed by atoms with E-state index in [1.165, 1.54) is 20.0 Å². The molecule has 0 unspecified atom stereocenters. The fourth-order valence-electron chi connectivity index (χ4n) is 3.84. The molecule has 0 saturated heterocycles. The fraction of sp³-hybridized carbons (Fsp3) is 0.545. The summed E-state index contributed by atoms with van der Waals surface area (Å²) in [5, 5.41) is 0. The van der Waals surface area contributed by atoms with Gasteiger partial charge in [-0.15, -0.1) is 0 Å². The summed E-state index contributed by atoms with van der Waals surface area (Å²) in [6.45, 7) is 2.09. The van der Waals surface area contributed by atoms with Crippen molar-refractivity contribution in [2.24, 2.45) is 11.7 Å². The number of hydrogen-bond acceptors (Lipinski definition) is 4. The van der Waals surface area contributed by atoms with Gasteiger partial charge in [0.15, 0.2) is 18.1 Å². The zero-order valence-electron chi connectivity index (χ0n) is 16.7. The van der Waals surface area contributed by atoms with E-state index in [2.05, 4.69) is 11.8 Å². The Bertz CT molecular complexity index is 734. The average molecular weight is 386 g/mol. The van der Waals surface area contributed by atoms with E-state index in [0.29, 0.717) is 23.6 Å². The zero-order valence-corrected chi connectivity index (χ0v) is 16.7. The Morgan fingerprint density at radius 1 is 1.11 bits per heavy atom. The predicted octanol–water partition coefficient (Wildman–Crippen LogP) is 3.14. The van der Waals surface area contributed by atoms with Gasteiger partial charge in [0.1, 0.15) is 0 Å². The van der Waals surface area contributed by atoms with Gasteiger partial charge in [-0.3, -0.25) is 9.59 Å². The van der Waals surface area contributed by atoms with Crippen LogP contribution in [0, 0.1) is 5.92 Å². The summed E-state index contributed by atoms with van der Waals surface area (Å²) in [7, 11) is 1.53. The van der Waals surface area contributed by atoms with E-state index in [-0.39, 0.29) is 12.5 Å². The summed E-state index contributed by atoms with van der Waals surface area (Å²) in [6, 6.07) is 6.11. The summed E-state index contributed by atoms with van der Waals surface area (Å²) in [6.07, 6.45) is 10.3. The molecule has 0 aliphatic heterocycles. The topological polar surface area (TPSA) is 81.9 Å². The van der Waals surface area contributed by atoms with Crippen LogP contribution in [0.2, 0.25) is 0 Å². The molecule has 0 atom stereocenters. The Labute approximate surface area is 166 Å². The molecule has 6 heteroatoms. The third kappa shape index (κ3) is 5.27. The molecule has 3 rings (SSSR count). The molecule has 0 spiro atoms. The lowest BCUT2D eigenvalue weighted by atomic mass is 9.86. The number of nitrogens with two attached hydrogens (primary N) is 1. The van der Waals surface area contributed by atoms with Crippen LogP contribution in [-0.4, -0.2) is 42.5 Å². The van der Waals surface area contributed by atoms with Crippen molar-refractivity contribution in [3.63, 3.8) is 0 Å². The Hall–Kier alpha value is -2.50. The van der Waals surface area contributed by atoms with Crippen LogP contribution < -0.4 is 15.2 Å². The van der Waals surface area contributed by atoms with E-state index in [9.17, 15) is 9.59 Å². The lowest BCUT2D eigenvalue weighted by Crippen LogP contribution is -2.42. The molecular weight excluding hydrogens is 356 g/mol. The highest BCUT2D eigenvalue weighted by Gasteiger charge is 2.37. The van der Waals surface area contributed by atoms with Crippen molar-refractivity contribution in [3.05, 3.63) is 29.8 Å². The van der Waals surface area contributed by atoms with Gasteiger partial charge in [0, 0.05) is 18.2 Å². The van der Waals surface area contributed by atoms with Gasteiger partial charge < -0.3 is 20.1 Å². The van der Waals surface area contributed by atoms with Gasteiger partial charge in [0.2, 0.25) is 5.91 Å². The van der Waals surface area contributed by atoms with Gasteiger partial charge in [0.25, 0.3) is 5.91 Å². The predicted molar refractivity (Wildman–Crippen MR) is 108 cm³/mol. The Kier molecular flexibility index (Phi) is 6.60. The molecule has 28 heavy (non-hydrogen) atoms. The van der Waals surface area contributed by atoms with E-state index in [1.54, 1.807) is 18.2 Å². The van der Waals surface area contributed by atoms with E-state index in [0.717, 1.165) is 37.2 Å². The molecule has 0 heterocycles. The standard InChI is InChI=1S/C22H30N2O4/c1-15-3-7-17(8-4-15)24(18-9-10-18)22(26)12-6-16-5-11-19(20(13-16)27-2)28-14-21(23)25/h5-6,11-13,15,17-18H,3-4,7-10,14H2,1-2H3,(H2,23,25)/b12-6+. The van der Waals surface area contributed by atoms with Crippen LogP contribution >= 0.6 is 0 Å². The molecular formula is C22H30N2O4. The third-order valence-electron chi connectivity index (χ3n) is 5.55. The summed E-state index contributed by atoms with van der Waals surface area (Å²) >= 11 is 0. The van der Waals surface area contributed by atoms with Crippen molar-refractivity contribution < 1.29 is 19.1 Å². The van der Waals surface area contributed by atoms with Crippen LogP contribution in [0.25, 0.3) is 6.08 Å².